The van der Waals surface area contributed by atoms with E-state index in [1.165, 1.54) is 12.3 Å². The molecule has 3 rings (SSSR count). The molecule has 5 nitrogen and oxygen atoms in total. The van der Waals surface area contributed by atoms with Gasteiger partial charge in [-0.05, 0) is 36.4 Å². The van der Waals surface area contributed by atoms with Crippen molar-refractivity contribution < 1.29 is 18.0 Å². The summed E-state index contributed by atoms with van der Waals surface area (Å²) in [5.41, 5.74) is -0.216. The number of carbonyl (C=O) groups is 1. The molecule has 0 atom stereocenters. The molecule has 1 amide bonds. The molecule has 0 saturated heterocycles. The van der Waals surface area contributed by atoms with Crippen LogP contribution < -0.4 is 10.6 Å². The molecule has 0 bridgehead atoms. The van der Waals surface area contributed by atoms with Crippen LogP contribution in [0.3, 0.4) is 0 Å². The summed E-state index contributed by atoms with van der Waals surface area (Å²) in [7, 11) is 0. The largest absolute Gasteiger partial charge is 0.433 e. The average Bonchev–Trinajstić information content (AvgIpc) is 2.62. The first-order valence-electron chi connectivity index (χ1n) is 7.55. The molecule has 132 valence electrons. The molecule has 2 N–H and O–H groups in total. The minimum atomic E-state index is -4.55. The Morgan fingerprint density at radius 3 is 2.42 bits per heavy atom. The molecule has 2 heterocycles. The molecule has 26 heavy (non-hydrogen) atoms. The lowest BCUT2D eigenvalue weighted by atomic mass is 10.1. The molecule has 2 aromatic heterocycles. The highest BCUT2D eigenvalue weighted by Crippen LogP contribution is 2.30. The fraction of sp³-hybridized carbons (Fsp3) is 0.0556. The Kier molecular flexibility index (Phi) is 4.83. The number of pyridine rings is 2. The van der Waals surface area contributed by atoms with Crippen molar-refractivity contribution in [2.75, 3.05) is 10.6 Å². The summed E-state index contributed by atoms with van der Waals surface area (Å²) in [6.45, 7) is 0. The zero-order chi connectivity index (χ0) is 18.6. The van der Waals surface area contributed by atoms with E-state index in [1.54, 1.807) is 42.5 Å². The first kappa shape index (κ1) is 17.4. The number of hydrogen-bond donors (Lipinski definition) is 2. The van der Waals surface area contributed by atoms with Gasteiger partial charge >= 0.3 is 6.18 Å². The first-order valence-corrected chi connectivity index (χ1v) is 7.55. The van der Waals surface area contributed by atoms with Gasteiger partial charge < -0.3 is 10.6 Å². The molecule has 0 aliphatic rings. The van der Waals surface area contributed by atoms with Gasteiger partial charge in [0.25, 0.3) is 5.91 Å². The van der Waals surface area contributed by atoms with Crippen LogP contribution in [0.2, 0.25) is 0 Å². The van der Waals surface area contributed by atoms with Gasteiger partial charge in [-0.25, -0.2) is 4.98 Å². The van der Waals surface area contributed by atoms with Crippen LogP contribution in [0.1, 0.15) is 16.1 Å². The van der Waals surface area contributed by atoms with Crippen LogP contribution in [0, 0.1) is 0 Å². The van der Waals surface area contributed by atoms with Crippen molar-refractivity contribution in [3.05, 3.63) is 78.2 Å². The minimum Gasteiger partial charge on any atom is -0.355 e. The van der Waals surface area contributed by atoms with Crippen molar-refractivity contribution in [3.8, 4) is 0 Å². The predicted molar refractivity (Wildman–Crippen MR) is 91.2 cm³/mol. The van der Waals surface area contributed by atoms with E-state index in [1.807, 2.05) is 0 Å². The summed E-state index contributed by atoms with van der Waals surface area (Å²) >= 11 is 0. The second-order valence-electron chi connectivity index (χ2n) is 5.27. The predicted octanol–water partition coefficient (Wildman–Crippen LogP) is 4.49. The fourth-order valence-corrected chi connectivity index (χ4v) is 2.23. The van der Waals surface area contributed by atoms with Gasteiger partial charge in [-0.15, -0.1) is 0 Å². The Balaban J connectivity index is 1.85. The van der Waals surface area contributed by atoms with Crippen LogP contribution in [0.5, 0.6) is 0 Å². The minimum absolute atomic E-state index is 0.172. The Bertz CT molecular complexity index is 914. The number of alkyl halides is 3. The van der Waals surface area contributed by atoms with Gasteiger partial charge in [0.15, 0.2) is 0 Å². The number of anilines is 3. The fourth-order valence-electron chi connectivity index (χ4n) is 2.23. The quantitative estimate of drug-likeness (QED) is 0.721. The monoisotopic (exact) mass is 358 g/mol. The number of hydrogen-bond acceptors (Lipinski definition) is 4. The highest BCUT2D eigenvalue weighted by atomic mass is 19.4. The number of rotatable bonds is 4. The lowest BCUT2D eigenvalue weighted by Crippen LogP contribution is -2.14. The van der Waals surface area contributed by atoms with E-state index in [2.05, 4.69) is 20.6 Å². The van der Waals surface area contributed by atoms with Gasteiger partial charge in [0.1, 0.15) is 11.5 Å². The second-order valence-corrected chi connectivity index (χ2v) is 5.27. The molecule has 0 saturated carbocycles. The second kappa shape index (κ2) is 7.22. The van der Waals surface area contributed by atoms with Crippen LogP contribution >= 0.6 is 0 Å². The van der Waals surface area contributed by atoms with Crippen LogP contribution in [0.25, 0.3) is 0 Å². The van der Waals surface area contributed by atoms with Crippen molar-refractivity contribution >= 4 is 23.1 Å². The summed E-state index contributed by atoms with van der Waals surface area (Å²) < 4.78 is 38.4. The van der Waals surface area contributed by atoms with Gasteiger partial charge in [-0.3, -0.25) is 9.78 Å². The number of halogens is 3. The Hall–Kier alpha value is -3.42. The van der Waals surface area contributed by atoms with Gasteiger partial charge in [-0.1, -0.05) is 18.2 Å². The molecular formula is C18H13F3N4O. The van der Waals surface area contributed by atoms with Crippen molar-refractivity contribution in [1.29, 1.82) is 0 Å². The smallest absolute Gasteiger partial charge is 0.355 e. The molecule has 0 radical (unpaired) electrons. The van der Waals surface area contributed by atoms with E-state index < -0.39 is 17.8 Å². The number of benzene rings is 1. The zero-order valence-corrected chi connectivity index (χ0v) is 13.3. The van der Waals surface area contributed by atoms with E-state index in [0.29, 0.717) is 11.5 Å². The van der Waals surface area contributed by atoms with Crippen molar-refractivity contribution in [2.45, 2.75) is 6.18 Å². The van der Waals surface area contributed by atoms with Crippen molar-refractivity contribution in [3.63, 3.8) is 0 Å². The van der Waals surface area contributed by atoms with E-state index >= 15 is 0 Å². The number of aromatic nitrogens is 2. The standard InChI is InChI=1S/C18H13F3N4O/c19-18(20,21)15-11-12(8-10-22-15)24-14-6-2-1-5-13(14)17(26)25-16-7-3-4-9-23-16/h1-11H,(H,22,24)(H,23,25,26). The first-order chi connectivity index (χ1) is 12.4. The van der Waals surface area contributed by atoms with Crippen molar-refractivity contribution in [2.24, 2.45) is 0 Å². The Morgan fingerprint density at radius 2 is 1.69 bits per heavy atom. The van der Waals surface area contributed by atoms with E-state index in [4.69, 9.17) is 0 Å². The SMILES string of the molecule is O=C(Nc1ccccn1)c1ccccc1Nc1ccnc(C(F)(F)F)c1. The molecular weight excluding hydrogens is 345 g/mol. The number of carbonyl (C=O) groups excluding carboxylic acids is 1. The average molecular weight is 358 g/mol. The summed E-state index contributed by atoms with van der Waals surface area (Å²) in [6, 6.07) is 13.8. The van der Waals surface area contributed by atoms with Crippen molar-refractivity contribution in [1.82, 2.24) is 9.97 Å². The number of para-hydroxylation sites is 1. The van der Waals surface area contributed by atoms with Crippen LogP contribution in [-0.2, 0) is 6.18 Å². The third-order valence-electron chi connectivity index (χ3n) is 3.41. The van der Waals surface area contributed by atoms with E-state index in [9.17, 15) is 18.0 Å². The van der Waals surface area contributed by atoms with Crippen LogP contribution in [-0.4, -0.2) is 15.9 Å². The summed E-state index contributed by atoms with van der Waals surface area (Å²) in [6.07, 6.45) is -1.95. The molecule has 8 heteroatoms. The third kappa shape index (κ3) is 4.15. The number of nitrogens with zero attached hydrogens (tertiary/aromatic N) is 2. The maximum Gasteiger partial charge on any atom is 0.433 e. The van der Waals surface area contributed by atoms with Gasteiger partial charge in [0.2, 0.25) is 0 Å². The lowest BCUT2D eigenvalue weighted by molar-refractivity contribution is -0.141. The van der Waals surface area contributed by atoms with Gasteiger partial charge in [0.05, 0.1) is 11.3 Å². The molecule has 1 aromatic carbocycles. The molecule has 3 aromatic rings. The Morgan fingerprint density at radius 1 is 0.923 bits per heavy atom. The number of amides is 1. The van der Waals surface area contributed by atoms with E-state index in [0.717, 1.165) is 12.3 Å². The van der Waals surface area contributed by atoms with Gasteiger partial charge in [0, 0.05) is 18.1 Å². The molecule has 0 aliphatic heterocycles. The lowest BCUT2D eigenvalue weighted by Gasteiger charge is -2.13. The molecule has 0 fully saturated rings. The highest BCUT2D eigenvalue weighted by molar-refractivity contribution is 6.08. The Labute approximate surface area is 146 Å². The zero-order valence-electron chi connectivity index (χ0n) is 13.3. The van der Waals surface area contributed by atoms with Gasteiger partial charge in [-0.2, -0.15) is 13.2 Å². The number of nitrogens with one attached hydrogen (secondary N) is 2. The van der Waals surface area contributed by atoms with Crippen LogP contribution in [0.4, 0.5) is 30.4 Å². The maximum absolute atomic E-state index is 12.8. The van der Waals surface area contributed by atoms with E-state index in [-0.39, 0.29) is 11.3 Å². The topological polar surface area (TPSA) is 66.9 Å². The molecule has 0 spiro atoms. The molecule has 0 aliphatic carbocycles. The maximum atomic E-state index is 12.8. The summed E-state index contributed by atoms with van der Waals surface area (Å²) in [4.78, 5) is 19.8. The third-order valence-corrected chi connectivity index (χ3v) is 3.41. The summed E-state index contributed by atoms with van der Waals surface area (Å²) in [5.74, 6) is -0.0625. The normalized spacial score (nSPS) is 11.0. The highest BCUT2D eigenvalue weighted by Gasteiger charge is 2.32. The van der Waals surface area contributed by atoms with Crippen LogP contribution in [0.15, 0.2) is 67.0 Å². The molecule has 0 unspecified atom stereocenters. The summed E-state index contributed by atoms with van der Waals surface area (Å²) in [5, 5.41) is 5.47.